The summed E-state index contributed by atoms with van der Waals surface area (Å²) in [4.78, 5) is 39.6. The SMILES string of the molecule is [2H]C([2H])([2H])c1c[c-]c(-c2cc(C)c(C([2H])([2H])[2H])cn2)cc1.[2H]C([2H])([2H])c1c[c-]c(-c2cc(C)c(C([2H])([2H])[2H])cn2)cc1.[2H]C([2H])([2H])c1c[c-]c(-c2cc(C)c(C([2H])([2H])[2H])cn2)cc1.[2H]C([2H])(c1ccnc(-c2[c-]ccc3c2oc2nc(C)ccc23)c1)C1(C)CCC(C)CC1.[2H]C([2H])(c1ccnc(-c2[c-]ccc3c2oc2nc(C)ccc23)c1)C1CCCCC1.[2H]C1(c2ccnc(-c3[c-]ccc4c3oc3nc(C)ccc34)c2)CCCCC1.[Ir].[Ir].[Ir]. The van der Waals surface area contributed by atoms with Gasteiger partial charge in [0.15, 0.2) is 0 Å². The largest absolute Gasteiger partial charge is 0.486 e. The first-order valence-electron chi connectivity index (χ1n) is 54.7. The van der Waals surface area contributed by atoms with E-state index in [1.54, 1.807) is 69.6 Å². The molecule has 130 heavy (non-hydrogen) atoms. The Kier molecular flexibility index (Phi) is 23.8. The molecule has 3 aliphatic rings. The van der Waals surface area contributed by atoms with Gasteiger partial charge in [-0.25, -0.2) is 15.0 Å². The minimum absolute atomic E-state index is 0. The third kappa shape index (κ3) is 23.7. The molecule has 0 spiro atoms. The molecule has 0 bridgehead atoms. The Morgan fingerprint density at radius 1 is 0.377 bits per heavy atom. The van der Waals surface area contributed by atoms with Crippen LogP contribution in [0.3, 0.4) is 0 Å². The van der Waals surface area contributed by atoms with E-state index in [0.717, 1.165) is 160 Å². The molecular weight excluding hydrogens is 2130 g/mol. The number of pyridine rings is 9. The molecule has 3 aliphatic carbocycles. The van der Waals surface area contributed by atoms with Crippen LogP contribution >= 0.6 is 0 Å². The van der Waals surface area contributed by atoms with Crippen LogP contribution in [0.1, 0.15) is 225 Å². The van der Waals surface area contributed by atoms with Crippen molar-refractivity contribution in [3.8, 4) is 67.5 Å². The zero-order valence-electron chi connectivity index (χ0n) is 96.6. The van der Waals surface area contributed by atoms with Gasteiger partial charge in [0.25, 0.3) is 0 Å². The van der Waals surface area contributed by atoms with E-state index in [4.69, 9.17) is 44.8 Å². The molecule has 18 aromatic rings. The van der Waals surface area contributed by atoms with Crippen molar-refractivity contribution < 1.29 is 105 Å². The third-order valence-corrected chi connectivity index (χ3v) is 23.6. The first kappa shape index (κ1) is 69.9. The van der Waals surface area contributed by atoms with E-state index in [-0.39, 0.29) is 105 Å². The molecule has 0 aliphatic heterocycles. The van der Waals surface area contributed by atoms with Crippen LogP contribution in [-0.4, -0.2) is 44.9 Å². The summed E-state index contributed by atoms with van der Waals surface area (Å²) in [5, 5.41) is 5.91. The van der Waals surface area contributed by atoms with Gasteiger partial charge < -0.3 is 43.2 Å². The van der Waals surface area contributed by atoms with Crippen molar-refractivity contribution in [1.29, 1.82) is 0 Å². The van der Waals surface area contributed by atoms with Gasteiger partial charge >= 0.3 is 0 Å². The number of nitrogens with zero attached hydrogens (tertiary/aromatic N) is 9. The van der Waals surface area contributed by atoms with Crippen LogP contribution in [0.5, 0.6) is 0 Å². The Morgan fingerprint density at radius 3 is 1.13 bits per heavy atom. The predicted octanol–water partition coefficient (Wildman–Crippen LogP) is 29.8. The number of hydrogen-bond donors (Lipinski definition) is 0. The maximum absolute atomic E-state index is 9.05. The molecule has 0 N–H and O–H groups in total. The maximum atomic E-state index is 9.05. The van der Waals surface area contributed by atoms with E-state index < -0.39 is 59.8 Å². The van der Waals surface area contributed by atoms with Crippen LogP contribution in [0.25, 0.3) is 134 Å². The third-order valence-electron chi connectivity index (χ3n) is 23.6. The molecule has 0 unspecified atom stereocenters. The zero-order valence-corrected chi connectivity index (χ0v) is 80.8. The number of rotatable bonds is 11. The van der Waals surface area contributed by atoms with Gasteiger partial charge in [-0.2, -0.15) is 0 Å². The van der Waals surface area contributed by atoms with Crippen molar-refractivity contribution in [2.45, 2.75) is 205 Å². The van der Waals surface area contributed by atoms with Gasteiger partial charge in [0.05, 0.1) is 16.7 Å². The van der Waals surface area contributed by atoms with Crippen LogP contribution in [0.15, 0.2) is 232 Å². The van der Waals surface area contributed by atoms with Gasteiger partial charge in [-0.05, 0) is 229 Å². The molecule has 12 heterocycles. The summed E-state index contributed by atoms with van der Waals surface area (Å²) < 4.78 is 195. The molecule has 3 radical (unpaired) electrons. The topological polar surface area (TPSA) is 155 Å². The van der Waals surface area contributed by atoms with Gasteiger partial charge in [0, 0.05) is 162 Å². The Labute approximate surface area is 840 Å². The number of hydrogen-bond acceptors (Lipinski definition) is 12. The second-order valence-electron chi connectivity index (χ2n) is 33.4. The second-order valence-corrected chi connectivity index (χ2v) is 33.4. The van der Waals surface area contributed by atoms with E-state index >= 15 is 0 Å². The standard InChI is InChI=1S/C26H27N2O.C24H23N2O.C23H21N2O.3C14H14N.3Ir/c1-17-9-12-26(3,13-10-17)16-19-11-14-27-23(15-19)22-6-4-5-20-21-8-7-18(2)28-25(21)29-24(20)22;1-16-10-11-20-19-8-5-9-21(23(19)27-24(20)26-16)22-15-18(12-13-25-22)14-17-6-3-2-4-7-17;1-15-10-11-19-18-8-5-9-20(22(18)26-23(19)25-15)21-14-17(12-13-24-21)16-6-3-2-4-7-16;3*1-10-4-6-13(7-5-10)14-8-11(2)12(3)9-15-14;;;/h4-5,7-8,11,14-15,17H,9-10,12-13,16H2,1-3H3;5,8,10-13,15,17H,2-4,6-7,14H2,1H3;5,8,10-14,16H,2-4,6-7H2,1H3;3*4-6,8-9H,1-3H3;;;/q6*-1;;;/i16D2;14D2;16D;3*1D3,3D3;;;. The summed E-state index contributed by atoms with van der Waals surface area (Å²) in [6, 6.07) is 72.2. The van der Waals surface area contributed by atoms with Crippen LogP contribution in [0.2, 0.25) is 0 Å². The molecule has 3 fully saturated rings. The molecule has 12 nitrogen and oxygen atoms in total. The molecule has 6 aromatic carbocycles. The van der Waals surface area contributed by atoms with Crippen LogP contribution in [0, 0.1) is 136 Å². The minimum Gasteiger partial charge on any atom is -0.486 e. The van der Waals surface area contributed by atoms with Crippen molar-refractivity contribution in [2.24, 2.45) is 17.3 Å². The van der Waals surface area contributed by atoms with Gasteiger partial charge in [-0.1, -0.05) is 201 Å². The zero-order chi connectivity index (χ0) is 108. The average Bonchev–Trinajstić information content (AvgIpc) is 1.73. The smallest absolute Gasteiger partial charge is 0.216 e. The fourth-order valence-corrected chi connectivity index (χ4v) is 16.3. The molecule has 669 valence electrons. The van der Waals surface area contributed by atoms with E-state index in [2.05, 4.69) is 107 Å². The molecule has 15 heteroatoms. The summed E-state index contributed by atoms with van der Waals surface area (Å²) in [5.74, 6) is 0.232. The van der Waals surface area contributed by atoms with E-state index in [9.17, 15) is 0 Å². The molecule has 0 amide bonds. The van der Waals surface area contributed by atoms with Crippen LogP contribution in [0.4, 0.5) is 0 Å². The van der Waals surface area contributed by atoms with Crippen molar-refractivity contribution in [1.82, 2.24) is 44.9 Å². The van der Waals surface area contributed by atoms with E-state index in [1.807, 2.05) is 124 Å². The summed E-state index contributed by atoms with van der Waals surface area (Å²) >= 11 is 0. The van der Waals surface area contributed by atoms with E-state index in [0.29, 0.717) is 107 Å². The normalized spacial score (nSPS) is 18.6. The molecular formula is C115H113Ir3N9O3-6. The van der Waals surface area contributed by atoms with Crippen molar-refractivity contribution in [3.63, 3.8) is 0 Å². The first-order valence-corrected chi connectivity index (χ1v) is 43.2. The maximum Gasteiger partial charge on any atom is 0.216 e. The molecule has 21 rings (SSSR count). The van der Waals surface area contributed by atoms with Gasteiger partial charge in [-0.15, -0.1) is 161 Å². The van der Waals surface area contributed by atoms with Gasteiger partial charge in [-0.3, -0.25) is 0 Å². The fraction of sp³-hybridized carbons (Fsp3) is 0.296. The Morgan fingerprint density at radius 2 is 0.754 bits per heavy atom. The summed E-state index contributed by atoms with van der Waals surface area (Å²) in [6.07, 6.45) is 21.0. The number of benzene rings is 6. The first-order chi connectivity index (χ1) is 70.7. The van der Waals surface area contributed by atoms with Gasteiger partial charge in [0.1, 0.15) is 0 Å². The minimum atomic E-state index is -2.19. The van der Waals surface area contributed by atoms with Crippen molar-refractivity contribution >= 4 is 66.2 Å². The molecule has 3 saturated carbocycles. The second kappa shape index (κ2) is 44.3. The van der Waals surface area contributed by atoms with Crippen molar-refractivity contribution in [2.75, 3.05) is 0 Å². The summed E-state index contributed by atoms with van der Waals surface area (Å²) in [6.45, 7) is 2.28. The monoisotopic (exact) mass is 2270 g/mol. The predicted molar refractivity (Wildman–Crippen MR) is 519 cm³/mol. The fourth-order valence-electron chi connectivity index (χ4n) is 16.3. The number of furan rings is 3. The molecule has 0 atom stereocenters. The van der Waals surface area contributed by atoms with Crippen LogP contribution < -0.4 is 0 Å². The number of aryl methyl sites for hydroxylation is 12. The molecule has 12 aromatic heterocycles. The summed E-state index contributed by atoms with van der Waals surface area (Å²) in [5.41, 5.74) is 20.0. The van der Waals surface area contributed by atoms with E-state index in [1.165, 1.54) is 67.8 Å². The van der Waals surface area contributed by atoms with Gasteiger partial charge in [0.2, 0.25) is 17.1 Å². The Bertz CT molecular complexity index is 7630. The Balaban J connectivity index is 0.000000153. The molecule has 0 saturated heterocycles. The quantitative estimate of drug-likeness (QED) is 0.113. The average molecular weight is 2270 g/mol. The Hall–Kier alpha value is -11.0. The van der Waals surface area contributed by atoms with Crippen molar-refractivity contribution in [3.05, 3.63) is 339 Å². The number of aromatic nitrogens is 9. The number of fused-ring (bicyclic) bond motifs is 9. The van der Waals surface area contributed by atoms with Crippen LogP contribution in [-0.2, 0) is 73.1 Å². The summed E-state index contributed by atoms with van der Waals surface area (Å²) in [7, 11) is 0.